The topological polar surface area (TPSA) is 55.8 Å². The number of carbonyl (C=O) groups excluding carboxylic acids is 2. The number of esters is 1. The number of rotatable bonds is 3. The molecular weight excluding hydrogens is 291 g/mol. The number of amides is 1. The fraction of sp³-hybridized carbons (Fsp3) is 0.385. The monoisotopic (exact) mass is 303 g/mol. The first-order chi connectivity index (χ1) is 9.76. The number of nitrogens with zero attached hydrogens (tertiary/aromatic N) is 1. The third-order valence-electron chi connectivity index (χ3n) is 2.83. The minimum Gasteiger partial charge on any atom is -0.452 e. The predicted octanol–water partition coefficient (Wildman–Crippen LogP) is 2.25. The summed E-state index contributed by atoms with van der Waals surface area (Å²) in [6, 6.07) is 5.09. The van der Waals surface area contributed by atoms with E-state index in [0.717, 1.165) is 12.1 Å². The summed E-state index contributed by atoms with van der Waals surface area (Å²) in [5, 5.41) is 0. The molecule has 1 unspecified atom stereocenters. The second kappa shape index (κ2) is 5.63. The molecule has 5 nitrogen and oxygen atoms in total. The van der Waals surface area contributed by atoms with Crippen LogP contribution >= 0.6 is 0 Å². The lowest BCUT2D eigenvalue weighted by Gasteiger charge is -2.18. The second-order valence-corrected chi connectivity index (χ2v) is 4.42. The van der Waals surface area contributed by atoms with E-state index in [1.807, 2.05) is 0 Å². The van der Waals surface area contributed by atoms with E-state index in [2.05, 4.69) is 4.74 Å². The molecule has 0 N–H and O–H groups in total. The molecule has 1 aliphatic rings. The first kappa shape index (κ1) is 15.1. The molecule has 114 valence electrons. The molecule has 1 fully saturated rings. The van der Waals surface area contributed by atoms with E-state index < -0.39 is 30.1 Å². The quantitative estimate of drug-likeness (QED) is 0.804. The van der Waals surface area contributed by atoms with Crippen molar-refractivity contribution in [2.24, 2.45) is 0 Å². The molecule has 1 amide bonds. The Hall–Kier alpha value is -2.25. The molecule has 1 saturated heterocycles. The summed E-state index contributed by atoms with van der Waals surface area (Å²) in [6.45, 7) is 1.44. The molecule has 8 heteroatoms. The number of hydrogen-bond acceptors (Lipinski definition) is 4. The van der Waals surface area contributed by atoms with Crippen LogP contribution in [0.1, 0.15) is 13.3 Å². The van der Waals surface area contributed by atoms with Crippen molar-refractivity contribution in [3.63, 3.8) is 0 Å². The van der Waals surface area contributed by atoms with Gasteiger partial charge >= 0.3 is 12.3 Å². The summed E-state index contributed by atoms with van der Waals surface area (Å²) in [5.41, 5.74) is 0.261. The normalized spacial score (nSPS) is 18.8. The van der Waals surface area contributed by atoms with Gasteiger partial charge in [-0.05, 0) is 12.1 Å². The molecule has 1 atom stereocenters. The Balaban J connectivity index is 2.14. The molecule has 1 aliphatic heterocycles. The van der Waals surface area contributed by atoms with Gasteiger partial charge in [-0.15, -0.1) is 13.2 Å². The van der Waals surface area contributed by atoms with Crippen molar-refractivity contribution in [3.8, 4) is 5.75 Å². The van der Waals surface area contributed by atoms with Gasteiger partial charge in [0.1, 0.15) is 5.75 Å². The van der Waals surface area contributed by atoms with Gasteiger partial charge in [0, 0.05) is 31.6 Å². The van der Waals surface area contributed by atoms with E-state index in [4.69, 9.17) is 4.74 Å². The minimum atomic E-state index is -4.80. The van der Waals surface area contributed by atoms with Crippen molar-refractivity contribution in [2.75, 3.05) is 11.4 Å². The molecule has 0 saturated carbocycles. The summed E-state index contributed by atoms with van der Waals surface area (Å²) in [4.78, 5) is 24.1. The van der Waals surface area contributed by atoms with Crippen LogP contribution in [-0.2, 0) is 14.3 Å². The molecule has 0 radical (unpaired) electrons. The molecule has 1 aromatic rings. The minimum absolute atomic E-state index is 0.256. The average Bonchev–Trinajstić information content (AvgIpc) is 2.68. The van der Waals surface area contributed by atoms with Crippen LogP contribution in [-0.4, -0.2) is 30.9 Å². The van der Waals surface area contributed by atoms with Crippen molar-refractivity contribution < 1.29 is 32.2 Å². The van der Waals surface area contributed by atoms with Crippen molar-refractivity contribution in [2.45, 2.75) is 25.8 Å². The summed E-state index contributed by atoms with van der Waals surface area (Å²) in [5.74, 6) is -1.46. The van der Waals surface area contributed by atoms with Crippen LogP contribution in [0.5, 0.6) is 5.75 Å². The summed E-state index contributed by atoms with van der Waals surface area (Å²) in [6.07, 6.45) is -5.40. The van der Waals surface area contributed by atoms with E-state index in [9.17, 15) is 22.8 Å². The van der Waals surface area contributed by atoms with Gasteiger partial charge in [0.25, 0.3) is 5.91 Å². The third-order valence-corrected chi connectivity index (χ3v) is 2.83. The van der Waals surface area contributed by atoms with Crippen LogP contribution < -0.4 is 9.64 Å². The molecule has 1 heterocycles. The van der Waals surface area contributed by atoms with Crippen molar-refractivity contribution in [1.82, 2.24) is 0 Å². The summed E-state index contributed by atoms with van der Waals surface area (Å²) < 4.78 is 45.2. The molecular formula is C13H12F3NO4. The van der Waals surface area contributed by atoms with E-state index in [-0.39, 0.29) is 12.2 Å². The van der Waals surface area contributed by atoms with E-state index in [1.165, 1.54) is 24.0 Å². The highest BCUT2D eigenvalue weighted by atomic mass is 19.4. The number of benzene rings is 1. The van der Waals surface area contributed by atoms with Crippen molar-refractivity contribution >= 4 is 17.6 Å². The van der Waals surface area contributed by atoms with Crippen LogP contribution in [0.2, 0.25) is 0 Å². The van der Waals surface area contributed by atoms with Crippen LogP contribution in [0.3, 0.4) is 0 Å². The zero-order chi connectivity index (χ0) is 15.6. The van der Waals surface area contributed by atoms with Crippen LogP contribution in [0.15, 0.2) is 24.3 Å². The number of alkyl halides is 3. The maximum absolute atomic E-state index is 12.2. The molecule has 0 aliphatic carbocycles. The lowest BCUT2D eigenvalue weighted by Crippen LogP contribution is -2.31. The Bertz CT molecular complexity index is 559. The fourth-order valence-corrected chi connectivity index (χ4v) is 2.07. The van der Waals surface area contributed by atoms with Gasteiger partial charge < -0.3 is 14.4 Å². The lowest BCUT2D eigenvalue weighted by molar-refractivity contribution is -0.274. The van der Waals surface area contributed by atoms with E-state index in [1.54, 1.807) is 0 Å². The van der Waals surface area contributed by atoms with Crippen molar-refractivity contribution in [1.29, 1.82) is 0 Å². The third kappa shape index (κ3) is 3.87. The largest absolute Gasteiger partial charge is 0.573 e. The zero-order valence-corrected chi connectivity index (χ0v) is 11.0. The van der Waals surface area contributed by atoms with E-state index in [0.29, 0.717) is 6.42 Å². The second-order valence-electron chi connectivity index (χ2n) is 4.42. The number of anilines is 1. The van der Waals surface area contributed by atoms with Gasteiger partial charge in [-0.25, -0.2) is 0 Å². The first-order valence-corrected chi connectivity index (χ1v) is 6.11. The highest BCUT2D eigenvalue weighted by Crippen LogP contribution is 2.29. The Labute approximate surface area is 118 Å². The Morgan fingerprint density at radius 3 is 2.71 bits per heavy atom. The number of halogens is 3. The van der Waals surface area contributed by atoms with Gasteiger partial charge in [0.15, 0.2) is 6.10 Å². The van der Waals surface area contributed by atoms with Crippen molar-refractivity contribution in [3.05, 3.63) is 24.3 Å². The van der Waals surface area contributed by atoms with Gasteiger partial charge in [-0.1, -0.05) is 6.07 Å². The lowest BCUT2D eigenvalue weighted by atomic mass is 10.3. The maximum Gasteiger partial charge on any atom is 0.573 e. The average molecular weight is 303 g/mol. The van der Waals surface area contributed by atoms with Gasteiger partial charge in [-0.2, -0.15) is 0 Å². The molecule has 0 bridgehead atoms. The Morgan fingerprint density at radius 2 is 2.10 bits per heavy atom. The summed E-state index contributed by atoms with van der Waals surface area (Å²) in [7, 11) is 0. The predicted molar refractivity (Wildman–Crippen MR) is 65.6 cm³/mol. The zero-order valence-electron chi connectivity index (χ0n) is 11.0. The van der Waals surface area contributed by atoms with Gasteiger partial charge in [0.2, 0.25) is 0 Å². The highest BCUT2D eigenvalue weighted by molar-refractivity contribution is 5.99. The van der Waals surface area contributed by atoms with E-state index >= 15 is 0 Å². The fourth-order valence-electron chi connectivity index (χ4n) is 2.07. The van der Waals surface area contributed by atoms with Gasteiger partial charge in [0.05, 0.1) is 0 Å². The standard InChI is InChI=1S/C13H12F3NO4/c1-8(18)20-11-5-6-17(12(11)19)9-3-2-4-10(7-9)21-13(14,15)16/h2-4,7,11H,5-6H2,1H3. The summed E-state index contributed by atoms with van der Waals surface area (Å²) >= 11 is 0. The number of ether oxygens (including phenoxy) is 2. The molecule has 1 aromatic carbocycles. The Morgan fingerprint density at radius 1 is 1.38 bits per heavy atom. The molecule has 0 aromatic heterocycles. The number of hydrogen-bond donors (Lipinski definition) is 0. The van der Waals surface area contributed by atoms with Gasteiger partial charge in [-0.3, -0.25) is 9.59 Å². The maximum atomic E-state index is 12.2. The van der Waals surface area contributed by atoms with Crippen LogP contribution in [0.25, 0.3) is 0 Å². The SMILES string of the molecule is CC(=O)OC1CCN(c2cccc(OC(F)(F)F)c2)C1=O. The van der Waals surface area contributed by atoms with Crippen LogP contribution in [0, 0.1) is 0 Å². The highest BCUT2D eigenvalue weighted by Gasteiger charge is 2.35. The molecule has 0 spiro atoms. The first-order valence-electron chi connectivity index (χ1n) is 6.11. The Kier molecular flexibility index (Phi) is 4.06. The smallest absolute Gasteiger partial charge is 0.452 e. The molecule has 2 rings (SSSR count). The molecule has 21 heavy (non-hydrogen) atoms. The van der Waals surface area contributed by atoms with Crippen LogP contribution in [0.4, 0.5) is 18.9 Å². The number of carbonyl (C=O) groups is 2.